The molecule has 1 aliphatic heterocycles. The van der Waals surface area contributed by atoms with Crippen molar-refractivity contribution in [1.29, 1.82) is 0 Å². The number of anilines is 1. The van der Waals surface area contributed by atoms with Crippen molar-refractivity contribution in [3.8, 4) is 11.3 Å². The maximum absolute atomic E-state index is 5.70. The molecule has 0 spiro atoms. The van der Waals surface area contributed by atoms with Gasteiger partial charge in [-0.1, -0.05) is 30.3 Å². The number of benzene rings is 1. The van der Waals surface area contributed by atoms with E-state index in [4.69, 9.17) is 9.72 Å². The molecule has 4 nitrogen and oxygen atoms in total. The van der Waals surface area contributed by atoms with Gasteiger partial charge in [-0.3, -0.25) is 0 Å². The zero-order valence-electron chi connectivity index (χ0n) is 12.4. The second-order valence-electron chi connectivity index (χ2n) is 5.29. The van der Waals surface area contributed by atoms with Gasteiger partial charge in [0, 0.05) is 31.2 Å². The molecule has 1 saturated heterocycles. The Kier molecular flexibility index (Phi) is 4.46. The number of nitrogens with zero attached hydrogens (tertiary/aromatic N) is 2. The molecule has 0 aliphatic carbocycles. The van der Waals surface area contributed by atoms with E-state index in [0.29, 0.717) is 0 Å². The molecule has 2 heterocycles. The summed E-state index contributed by atoms with van der Waals surface area (Å²) in [6.45, 7) is 3.79. The van der Waals surface area contributed by atoms with Crippen molar-refractivity contribution >= 4 is 5.82 Å². The summed E-state index contributed by atoms with van der Waals surface area (Å²) < 4.78 is 5.70. The van der Waals surface area contributed by atoms with Crippen LogP contribution < -0.4 is 5.32 Å². The van der Waals surface area contributed by atoms with E-state index in [2.05, 4.69) is 29.4 Å². The first-order chi connectivity index (χ1) is 10.3. The zero-order valence-corrected chi connectivity index (χ0v) is 12.4. The highest BCUT2D eigenvalue weighted by molar-refractivity contribution is 5.62. The third-order valence-electron chi connectivity index (χ3n) is 3.63. The van der Waals surface area contributed by atoms with Crippen LogP contribution in [0.2, 0.25) is 0 Å². The number of nitrogens with one attached hydrogen (secondary N) is 1. The largest absolute Gasteiger partial charge is 0.378 e. The summed E-state index contributed by atoms with van der Waals surface area (Å²) in [6, 6.07) is 12.2. The summed E-state index contributed by atoms with van der Waals surface area (Å²) >= 11 is 0. The van der Waals surface area contributed by atoms with Crippen molar-refractivity contribution in [1.82, 2.24) is 9.97 Å². The summed E-state index contributed by atoms with van der Waals surface area (Å²) in [6.07, 6.45) is 3.31. The lowest BCUT2D eigenvalue weighted by atomic mass is 10.1. The molecule has 0 amide bonds. The van der Waals surface area contributed by atoms with Crippen molar-refractivity contribution in [2.75, 3.05) is 18.5 Å². The number of ether oxygens (including phenoxy) is 1. The molecule has 0 radical (unpaired) electrons. The molecule has 0 saturated carbocycles. The lowest BCUT2D eigenvalue weighted by Gasteiger charge is -2.12. The molecule has 1 aliphatic rings. The molecule has 1 unspecified atom stereocenters. The Morgan fingerprint density at radius 2 is 2.10 bits per heavy atom. The second kappa shape index (κ2) is 6.68. The molecule has 21 heavy (non-hydrogen) atoms. The quantitative estimate of drug-likeness (QED) is 0.914. The topological polar surface area (TPSA) is 47.0 Å². The minimum atomic E-state index is 0.269. The molecule has 1 N–H and O–H groups in total. The van der Waals surface area contributed by atoms with Crippen LogP contribution in [0.1, 0.15) is 25.6 Å². The van der Waals surface area contributed by atoms with Crippen LogP contribution in [0.25, 0.3) is 11.3 Å². The van der Waals surface area contributed by atoms with Crippen LogP contribution in [0.3, 0.4) is 0 Å². The van der Waals surface area contributed by atoms with Crippen LogP contribution in [0, 0.1) is 0 Å². The van der Waals surface area contributed by atoms with Gasteiger partial charge >= 0.3 is 0 Å². The van der Waals surface area contributed by atoms with Gasteiger partial charge < -0.3 is 10.1 Å². The Morgan fingerprint density at radius 3 is 2.81 bits per heavy atom. The van der Waals surface area contributed by atoms with Gasteiger partial charge in [0.05, 0.1) is 11.8 Å². The molecule has 110 valence electrons. The lowest BCUT2D eigenvalue weighted by Crippen LogP contribution is -2.13. The zero-order chi connectivity index (χ0) is 14.5. The molecule has 3 rings (SSSR count). The van der Waals surface area contributed by atoms with Crippen LogP contribution >= 0.6 is 0 Å². The molecule has 1 aromatic heterocycles. The maximum Gasteiger partial charge on any atom is 0.134 e. The van der Waals surface area contributed by atoms with Crippen molar-refractivity contribution < 1.29 is 4.74 Å². The fourth-order valence-electron chi connectivity index (χ4n) is 2.63. The van der Waals surface area contributed by atoms with Crippen molar-refractivity contribution in [2.45, 2.75) is 32.3 Å². The van der Waals surface area contributed by atoms with Crippen LogP contribution in [0.5, 0.6) is 0 Å². The number of aromatic nitrogens is 2. The van der Waals surface area contributed by atoms with Gasteiger partial charge in [0.1, 0.15) is 11.6 Å². The fourth-order valence-corrected chi connectivity index (χ4v) is 2.63. The first-order valence-electron chi connectivity index (χ1n) is 7.64. The molecular formula is C17H21N3O. The summed E-state index contributed by atoms with van der Waals surface area (Å²) in [5, 5.41) is 3.29. The average Bonchev–Trinajstić information content (AvgIpc) is 3.01. The van der Waals surface area contributed by atoms with E-state index < -0.39 is 0 Å². The van der Waals surface area contributed by atoms with Crippen molar-refractivity contribution in [2.24, 2.45) is 0 Å². The summed E-state index contributed by atoms with van der Waals surface area (Å²) in [4.78, 5) is 9.33. The predicted molar refractivity (Wildman–Crippen MR) is 84.3 cm³/mol. The Hall–Kier alpha value is -1.94. The van der Waals surface area contributed by atoms with E-state index >= 15 is 0 Å². The highest BCUT2D eigenvalue weighted by atomic mass is 16.5. The predicted octanol–water partition coefficient (Wildman–Crippen LogP) is 3.30. The van der Waals surface area contributed by atoms with Gasteiger partial charge in [0.15, 0.2) is 0 Å². The average molecular weight is 283 g/mol. The summed E-state index contributed by atoms with van der Waals surface area (Å²) in [5.41, 5.74) is 2.09. The molecule has 1 atom stereocenters. The Bertz CT molecular complexity index is 580. The van der Waals surface area contributed by atoms with Gasteiger partial charge in [-0.25, -0.2) is 9.97 Å². The highest BCUT2D eigenvalue weighted by Gasteiger charge is 2.18. The minimum Gasteiger partial charge on any atom is -0.378 e. The summed E-state index contributed by atoms with van der Waals surface area (Å²) in [7, 11) is 0. The van der Waals surface area contributed by atoms with E-state index in [1.165, 1.54) is 0 Å². The minimum absolute atomic E-state index is 0.269. The van der Waals surface area contributed by atoms with Gasteiger partial charge in [-0.05, 0) is 19.8 Å². The highest BCUT2D eigenvalue weighted by Crippen LogP contribution is 2.22. The molecule has 1 aromatic carbocycles. The van der Waals surface area contributed by atoms with E-state index in [1.54, 1.807) is 0 Å². The number of hydrogen-bond acceptors (Lipinski definition) is 4. The van der Waals surface area contributed by atoms with Gasteiger partial charge in [-0.15, -0.1) is 0 Å². The van der Waals surface area contributed by atoms with E-state index in [0.717, 1.165) is 55.3 Å². The number of rotatable bonds is 5. The standard InChI is InChI=1S/C17H21N3O/c1-2-18-16-12-15(13-7-4-3-5-8-13)19-17(20-16)11-14-9-6-10-21-14/h3-5,7-8,12,14H,2,6,9-11H2,1H3,(H,18,19,20). The monoisotopic (exact) mass is 283 g/mol. The van der Waals surface area contributed by atoms with Crippen LogP contribution in [-0.4, -0.2) is 29.2 Å². The third-order valence-corrected chi connectivity index (χ3v) is 3.63. The SMILES string of the molecule is CCNc1cc(-c2ccccc2)nc(CC2CCCO2)n1. The second-order valence-corrected chi connectivity index (χ2v) is 5.29. The van der Waals surface area contributed by atoms with Crippen LogP contribution in [0.4, 0.5) is 5.82 Å². The van der Waals surface area contributed by atoms with E-state index in [-0.39, 0.29) is 6.10 Å². The first kappa shape index (κ1) is 14.0. The molecular weight excluding hydrogens is 262 g/mol. The van der Waals surface area contributed by atoms with E-state index in [9.17, 15) is 0 Å². The van der Waals surface area contributed by atoms with Crippen molar-refractivity contribution in [3.63, 3.8) is 0 Å². The normalized spacial score (nSPS) is 17.9. The van der Waals surface area contributed by atoms with Crippen molar-refractivity contribution in [3.05, 3.63) is 42.2 Å². The maximum atomic E-state index is 5.70. The number of hydrogen-bond donors (Lipinski definition) is 1. The Labute approximate surface area is 125 Å². The fraction of sp³-hybridized carbons (Fsp3) is 0.412. The Balaban J connectivity index is 1.89. The Morgan fingerprint density at radius 1 is 1.24 bits per heavy atom. The molecule has 2 aromatic rings. The first-order valence-corrected chi connectivity index (χ1v) is 7.64. The lowest BCUT2D eigenvalue weighted by molar-refractivity contribution is 0.110. The van der Waals surface area contributed by atoms with E-state index in [1.807, 2.05) is 24.3 Å². The third kappa shape index (κ3) is 3.58. The van der Waals surface area contributed by atoms with Gasteiger partial charge in [-0.2, -0.15) is 0 Å². The van der Waals surface area contributed by atoms with Crippen LogP contribution in [0.15, 0.2) is 36.4 Å². The summed E-state index contributed by atoms with van der Waals surface area (Å²) in [5.74, 6) is 1.75. The molecule has 4 heteroatoms. The molecule has 1 fully saturated rings. The van der Waals surface area contributed by atoms with Crippen LogP contribution in [-0.2, 0) is 11.2 Å². The van der Waals surface area contributed by atoms with Gasteiger partial charge in [0.25, 0.3) is 0 Å². The smallest absolute Gasteiger partial charge is 0.134 e. The molecule has 0 bridgehead atoms. The van der Waals surface area contributed by atoms with Gasteiger partial charge in [0.2, 0.25) is 0 Å².